The molecule has 4 aromatic rings. The van der Waals surface area contributed by atoms with Crippen molar-refractivity contribution in [1.29, 1.82) is 0 Å². The van der Waals surface area contributed by atoms with Gasteiger partial charge in [0, 0.05) is 10.9 Å². The van der Waals surface area contributed by atoms with Gasteiger partial charge in [-0.1, -0.05) is 62.2 Å². The van der Waals surface area contributed by atoms with E-state index in [9.17, 15) is 13.2 Å². The molecule has 31 heavy (non-hydrogen) atoms. The number of hydrogen-bond donors (Lipinski definition) is 0. The molecule has 0 saturated heterocycles. The van der Waals surface area contributed by atoms with Crippen LogP contribution < -0.4 is 0 Å². The second kappa shape index (κ2) is 8.93. The Morgan fingerprint density at radius 1 is 0.677 bits per heavy atom. The molecule has 0 aliphatic rings. The average molecular weight is 422 g/mol. The summed E-state index contributed by atoms with van der Waals surface area (Å²) in [5.41, 5.74) is 1.36. The lowest BCUT2D eigenvalue weighted by Gasteiger charge is -2.12. The minimum absolute atomic E-state index is 0.118. The molecule has 0 unspecified atom stereocenters. The van der Waals surface area contributed by atoms with E-state index in [4.69, 9.17) is 0 Å². The van der Waals surface area contributed by atoms with Gasteiger partial charge in [-0.15, -0.1) is 0 Å². The van der Waals surface area contributed by atoms with E-state index in [1.807, 2.05) is 12.1 Å². The van der Waals surface area contributed by atoms with Crippen LogP contribution in [0.1, 0.15) is 31.7 Å². The van der Waals surface area contributed by atoms with Crippen LogP contribution in [0.4, 0.5) is 17.6 Å². The monoisotopic (exact) mass is 422 g/mol. The zero-order valence-corrected chi connectivity index (χ0v) is 17.2. The van der Waals surface area contributed by atoms with Gasteiger partial charge in [0.2, 0.25) is 0 Å². The molecule has 4 rings (SSSR count). The Morgan fingerprint density at radius 2 is 1.39 bits per heavy atom. The van der Waals surface area contributed by atoms with Gasteiger partial charge < -0.3 is 0 Å². The van der Waals surface area contributed by atoms with Gasteiger partial charge in [0.05, 0.1) is 5.56 Å². The van der Waals surface area contributed by atoms with Crippen molar-refractivity contribution in [2.24, 2.45) is 0 Å². The van der Waals surface area contributed by atoms with E-state index in [1.54, 1.807) is 18.2 Å². The van der Waals surface area contributed by atoms with E-state index in [-0.39, 0.29) is 22.3 Å². The van der Waals surface area contributed by atoms with Crippen LogP contribution in [0.15, 0.2) is 66.7 Å². The summed E-state index contributed by atoms with van der Waals surface area (Å²) in [6.07, 6.45) is 4.31. The maximum absolute atomic E-state index is 15.2. The quantitative estimate of drug-likeness (QED) is 0.216. The number of rotatable bonds is 6. The summed E-state index contributed by atoms with van der Waals surface area (Å²) in [6.45, 7) is 2.15. The van der Waals surface area contributed by atoms with Gasteiger partial charge in [-0.05, 0) is 59.2 Å². The highest BCUT2D eigenvalue weighted by Crippen LogP contribution is 2.34. The highest BCUT2D eigenvalue weighted by Gasteiger charge is 2.17. The molecule has 0 saturated carbocycles. The van der Waals surface area contributed by atoms with Crippen LogP contribution in [-0.4, -0.2) is 0 Å². The van der Waals surface area contributed by atoms with Gasteiger partial charge >= 0.3 is 0 Å². The summed E-state index contributed by atoms with van der Waals surface area (Å²) in [4.78, 5) is 0. The Hall–Kier alpha value is -3.14. The highest BCUT2D eigenvalue weighted by molar-refractivity contribution is 5.89. The van der Waals surface area contributed by atoms with E-state index in [2.05, 4.69) is 6.92 Å². The van der Waals surface area contributed by atoms with Crippen molar-refractivity contribution in [1.82, 2.24) is 0 Å². The van der Waals surface area contributed by atoms with Crippen LogP contribution in [0.3, 0.4) is 0 Å². The Morgan fingerprint density at radius 3 is 2.06 bits per heavy atom. The van der Waals surface area contributed by atoms with Crippen LogP contribution >= 0.6 is 0 Å². The van der Waals surface area contributed by atoms with E-state index in [1.165, 1.54) is 12.1 Å². The molecular weight excluding hydrogens is 400 g/mol. The molecule has 0 bridgehead atoms. The third-order valence-electron chi connectivity index (χ3n) is 5.57. The molecular formula is C27H22F4. The standard InChI is InChI=1S/C27H22F4/c1-2-3-4-5-17-6-12-22-19(14-17)9-13-23(27(22)31)20-15-24(29)26(25(30)16-20)18-7-10-21(28)11-8-18/h6-16H,2-5H2,1H3. The fourth-order valence-electron chi connectivity index (χ4n) is 3.92. The number of fused-ring (bicyclic) bond motifs is 1. The van der Waals surface area contributed by atoms with Crippen molar-refractivity contribution in [2.75, 3.05) is 0 Å². The largest absolute Gasteiger partial charge is 0.207 e. The first kappa shape index (κ1) is 21.1. The molecule has 4 aromatic carbocycles. The van der Waals surface area contributed by atoms with E-state index < -0.39 is 23.3 Å². The Labute approximate surface area is 179 Å². The first-order chi connectivity index (χ1) is 15.0. The van der Waals surface area contributed by atoms with Crippen molar-refractivity contribution in [2.45, 2.75) is 32.6 Å². The maximum Gasteiger partial charge on any atom is 0.138 e. The van der Waals surface area contributed by atoms with Gasteiger partial charge in [0.25, 0.3) is 0 Å². The summed E-state index contributed by atoms with van der Waals surface area (Å²) in [5, 5.41) is 1.18. The Bertz CT molecular complexity index is 1200. The SMILES string of the molecule is CCCCCc1ccc2c(F)c(-c3cc(F)c(-c4ccc(F)cc4)c(F)c3)ccc2c1. The lowest BCUT2D eigenvalue weighted by atomic mass is 9.95. The van der Waals surface area contributed by atoms with Crippen molar-refractivity contribution >= 4 is 10.8 Å². The highest BCUT2D eigenvalue weighted by atomic mass is 19.1. The van der Waals surface area contributed by atoms with E-state index in [0.717, 1.165) is 60.9 Å². The topological polar surface area (TPSA) is 0 Å². The first-order valence-corrected chi connectivity index (χ1v) is 10.4. The summed E-state index contributed by atoms with van der Waals surface area (Å²) < 4.78 is 57.9. The smallest absolute Gasteiger partial charge is 0.138 e. The van der Waals surface area contributed by atoms with Gasteiger partial charge in [-0.2, -0.15) is 0 Å². The van der Waals surface area contributed by atoms with Gasteiger partial charge in [0.15, 0.2) is 0 Å². The molecule has 0 nitrogen and oxygen atoms in total. The predicted octanol–water partition coefficient (Wildman–Crippen LogP) is 8.46. The number of unbranched alkanes of at least 4 members (excludes halogenated alkanes) is 2. The van der Waals surface area contributed by atoms with Crippen molar-refractivity contribution in [3.05, 3.63) is 95.6 Å². The lowest BCUT2D eigenvalue weighted by Crippen LogP contribution is -1.95. The number of aryl methyl sites for hydroxylation is 1. The molecule has 0 radical (unpaired) electrons. The summed E-state index contributed by atoms with van der Waals surface area (Å²) in [7, 11) is 0. The number of benzene rings is 4. The third-order valence-corrected chi connectivity index (χ3v) is 5.57. The minimum Gasteiger partial charge on any atom is -0.207 e. The van der Waals surface area contributed by atoms with Crippen molar-refractivity contribution in [3.63, 3.8) is 0 Å². The van der Waals surface area contributed by atoms with Crippen LogP contribution in [-0.2, 0) is 6.42 Å². The van der Waals surface area contributed by atoms with E-state index in [0.29, 0.717) is 5.39 Å². The average Bonchev–Trinajstić information content (AvgIpc) is 2.75. The number of hydrogen-bond acceptors (Lipinski definition) is 0. The zero-order valence-electron chi connectivity index (χ0n) is 17.2. The Balaban J connectivity index is 1.72. The summed E-state index contributed by atoms with van der Waals surface area (Å²) in [6, 6.07) is 16.1. The molecule has 0 N–H and O–H groups in total. The van der Waals surface area contributed by atoms with Crippen LogP contribution in [0.25, 0.3) is 33.0 Å². The maximum atomic E-state index is 15.2. The van der Waals surface area contributed by atoms with E-state index >= 15 is 4.39 Å². The molecule has 0 fully saturated rings. The van der Waals surface area contributed by atoms with Gasteiger partial charge in [0.1, 0.15) is 23.3 Å². The van der Waals surface area contributed by atoms with Gasteiger partial charge in [-0.3, -0.25) is 0 Å². The second-order valence-corrected chi connectivity index (χ2v) is 7.76. The first-order valence-electron chi connectivity index (χ1n) is 10.4. The molecule has 0 aliphatic heterocycles. The Kier molecular flexibility index (Phi) is 6.08. The normalized spacial score (nSPS) is 11.3. The fourth-order valence-corrected chi connectivity index (χ4v) is 3.92. The number of halogens is 4. The zero-order chi connectivity index (χ0) is 22.0. The van der Waals surface area contributed by atoms with Gasteiger partial charge in [-0.25, -0.2) is 17.6 Å². The molecule has 0 aliphatic carbocycles. The van der Waals surface area contributed by atoms with Crippen LogP contribution in [0.2, 0.25) is 0 Å². The molecule has 0 amide bonds. The molecule has 0 aromatic heterocycles. The lowest BCUT2D eigenvalue weighted by molar-refractivity contribution is 0.589. The summed E-state index contributed by atoms with van der Waals surface area (Å²) in [5.74, 6) is -2.65. The molecule has 4 heteroatoms. The minimum atomic E-state index is -0.827. The van der Waals surface area contributed by atoms with Crippen molar-refractivity contribution in [3.8, 4) is 22.3 Å². The molecule has 0 atom stereocenters. The molecule has 0 spiro atoms. The fraction of sp³-hybridized carbons (Fsp3) is 0.185. The van der Waals surface area contributed by atoms with Crippen LogP contribution in [0, 0.1) is 23.3 Å². The second-order valence-electron chi connectivity index (χ2n) is 7.76. The molecule has 158 valence electrons. The van der Waals surface area contributed by atoms with Crippen LogP contribution in [0.5, 0.6) is 0 Å². The summed E-state index contributed by atoms with van der Waals surface area (Å²) >= 11 is 0. The molecule has 0 heterocycles. The predicted molar refractivity (Wildman–Crippen MR) is 118 cm³/mol. The third kappa shape index (κ3) is 4.34. The van der Waals surface area contributed by atoms with Crippen molar-refractivity contribution < 1.29 is 17.6 Å².